The third-order valence-electron chi connectivity index (χ3n) is 3.44. The van der Waals surface area contributed by atoms with Crippen LogP contribution in [0.4, 0.5) is 0 Å². The number of aryl methyl sites for hydroxylation is 1. The molecule has 2 rings (SSSR count). The van der Waals surface area contributed by atoms with E-state index >= 15 is 0 Å². The first-order chi connectivity index (χ1) is 12.1. The molecule has 0 saturated heterocycles. The average Bonchev–Trinajstić information content (AvgIpc) is 2.62. The summed E-state index contributed by atoms with van der Waals surface area (Å²) >= 11 is 5.08. The van der Waals surface area contributed by atoms with Crippen LogP contribution in [-0.2, 0) is 6.61 Å². The average molecular weight is 357 g/mol. The zero-order valence-electron chi connectivity index (χ0n) is 14.7. The van der Waals surface area contributed by atoms with Crippen LogP contribution in [-0.4, -0.2) is 25.0 Å². The third kappa shape index (κ3) is 5.76. The molecule has 0 heterocycles. The topological polar surface area (TPSA) is 54.9 Å². The summed E-state index contributed by atoms with van der Waals surface area (Å²) in [5.41, 5.74) is 5.88. The molecule has 0 fully saturated rings. The monoisotopic (exact) mass is 357 g/mol. The number of nitrogens with one attached hydrogen (secondary N) is 2. The summed E-state index contributed by atoms with van der Waals surface area (Å²) in [6, 6.07) is 13.9. The number of para-hydroxylation sites is 1. The van der Waals surface area contributed by atoms with E-state index in [2.05, 4.69) is 47.0 Å². The Kier molecular flexibility index (Phi) is 7.22. The molecule has 0 saturated carbocycles. The van der Waals surface area contributed by atoms with Crippen molar-refractivity contribution in [2.24, 2.45) is 5.10 Å². The van der Waals surface area contributed by atoms with E-state index in [9.17, 15) is 0 Å². The second-order valence-electron chi connectivity index (χ2n) is 5.38. The van der Waals surface area contributed by atoms with Gasteiger partial charge >= 0.3 is 0 Å². The van der Waals surface area contributed by atoms with Crippen molar-refractivity contribution in [1.29, 1.82) is 0 Å². The normalized spacial score (nSPS) is 10.5. The predicted molar refractivity (Wildman–Crippen MR) is 106 cm³/mol. The Balaban J connectivity index is 2.13. The highest BCUT2D eigenvalue weighted by Gasteiger charge is 2.09. The van der Waals surface area contributed by atoms with Crippen LogP contribution in [0.5, 0.6) is 11.5 Å². The van der Waals surface area contributed by atoms with Crippen LogP contribution in [0.2, 0.25) is 0 Å². The van der Waals surface area contributed by atoms with Gasteiger partial charge in [0, 0.05) is 12.1 Å². The molecule has 0 aromatic heterocycles. The summed E-state index contributed by atoms with van der Waals surface area (Å²) in [7, 11) is 1.62. The van der Waals surface area contributed by atoms with Crippen LogP contribution < -0.4 is 20.2 Å². The second kappa shape index (κ2) is 9.64. The highest BCUT2D eigenvalue weighted by Crippen LogP contribution is 2.30. The first-order valence-electron chi connectivity index (χ1n) is 8.06. The minimum Gasteiger partial charge on any atom is -0.493 e. The molecule has 5 nitrogen and oxygen atoms in total. The number of rotatable bonds is 7. The van der Waals surface area contributed by atoms with Gasteiger partial charge in [-0.3, -0.25) is 5.43 Å². The summed E-state index contributed by atoms with van der Waals surface area (Å²) in [5, 5.41) is 7.60. The van der Waals surface area contributed by atoms with Gasteiger partial charge in [0.2, 0.25) is 0 Å². The van der Waals surface area contributed by atoms with Gasteiger partial charge in [-0.1, -0.05) is 35.9 Å². The zero-order valence-corrected chi connectivity index (χ0v) is 15.5. The summed E-state index contributed by atoms with van der Waals surface area (Å²) < 4.78 is 11.4. The molecule has 25 heavy (non-hydrogen) atoms. The van der Waals surface area contributed by atoms with Crippen molar-refractivity contribution in [2.75, 3.05) is 13.7 Å². The number of thiocarbonyl (C=S) groups is 1. The number of nitrogens with zero attached hydrogens (tertiary/aromatic N) is 1. The van der Waals surface area contributed by atoms with Crippen molar-refractivity contribution in [3.05, 3.63) is 59.2 Å². The summed E-state index contributed by atoms with van der Waals surface area (Å²) in [4.78, 5) is 0. The third-order valence-corrected chi connectivity index (χ3v) is 3.68. The van der Waals surface area contributed by atoms with Crippen LogP contribution in [0.25, 0.3) is 0 Å². The smallest absolute Gasteiger partial charge is 0.186 e. The molecule has 0 aliphatic heterocycles. The number of hydrogen-bond donors (Lipinski definition) is 2. The van der Waals surface area contributed by atoms with E-state index < -0.39 is 0 Å². The molecule has 0 radical (unpaired) electrons. The van der Waals surface area contributed by atoms with Crippen molar-refractivity contribution in [3.8, 4) is 11.5 Å². The van der Waals surface area contributed by atoms with E-state index in [1.165, 1.54) is 5.56 Å². The number of benzene rings is 2. The standard InChI is InChI=1S/C19H23N3O2S/c1-4-20-19(25)22-21-12-16-6-5-7-17(23-3)18(16)24-13-15-10-8-14(2)9-11-15/h5-12H,4,13H2,1-3H3,(H2,20,22,25)/b21-12-. The van der Waals surface area contributed by atoms with Gasteiger partial charge in [-0.25, -0.2) is 0 Å². The highest BCUT2D eigenvalue weighted by molar-refractivity contribution is 7.80. The largest absolute Gasteiger partial charge is 0.493 e. The molecule has 132 valence electrons. The Bertz CT molecular complexity index is 730. The van der Waals surface area contributed by atoms with Crippen molar-refractivity contribution in [2.45, 2.75) is 20.5 Å². The van der Waals surface area contributed by atoms with Crippen LogP contribution in [0.1, 0.15) is 23.6 Å². The first-order valence-corrected chi connectivity index (χ1v) is 8.47. The van der Waals surface area contributed by atoms with Crippen LogP contribution >= 0.6 is 12.2 Å². The van der Waals surface area contributed by atoms with Crippen LogP contribution in [0, 0.1) is 6.92 Å². The molecule has 0 bridgehead atoms. The van der Waals surface area contributed by atoms with Crippen molar-refractivity contribution >= 4 is 23.5 Å². The summed E-state index contributed by atoms with van der Waals surface area (Å²) in [6.45, 7) is 5.22. The van der Waals surface area contributed by atoms with Gasteiger partial charge < -0.3 is 14.8 Å². The quantitative estimate of drug-likeness (QED) is 0.452. The molecule has 2 N–H and O–H groups in total. The van der Waals surface area contributed by atoms with Crippen LogP contribution in [0.3, 0.4) is 0 Å². The maximum atomic E-state index is 6.00. The van der Waals surface area contributed by atoms with Crippen LogP contribution in [0.15, 0.2) is 47.6 Å². The lowest BCUT2D eigenvalue weighted by atomic mass is 10.1. The fourth-order valence-corrected chi connectivity index (χ4v) is 2.35. The number of hydrazone groups is 1. The SMILES string of the molecule is CCNC(=S)N/N=C\c1cccc(OC)c1OCc1ccc(C)cc1. The van der Waals surface area contributed by atoms with Crippen molar-refractivity contribution in [1.82, 2.24) is 10.7 Å². The molecule has 6 heteroatoms. The van der Waals surface area contributed by atoms with E-state index in [0.717, 1.165) is 17.7 Å². The van der Waals surface area contributed by atoms with Gasteiger partial charge in [-0.15, -0.1) is 0 Å². The molecule has 0 atom stereocenters. The second-order valence-corrected chi connectivity index (χ2v) is 5.79. The Morgan fingerprint density at radius 3 is 2.64 bits per heavy atom. The summed E-state index contributed by atoms with van der Waals surface area (Å²) in [5.74, 6) is 1.30. The van der Waals surface area contributed by atoms with E-state index in [1.807, 2.05) is 25.1 Å². The van der Waals surface area contributed by atoms with Gasteiger partial charge in [0.25, 0.3) is 0 Å². The molecule has 0 amide bonds. The molecule has 0 unspecified atom stereocenters. The predicted octanol–water partition coefficient (Wildman–Crippen LogP) is 3.40. The fourth-order valence-electron chi connectivity index (χ4n) is 2.15. The van der Waals surface area contributed by atoms with E-state index in [4.69, 9.17) is 21.7 Å². The Hall–Kier alpha value is -2.60. The maximum Gasteiger partial charge on any atom is 0.186 e. The molecular formula is C19H23N3O2S. The lowest BCUT2D eigenvalue weighted by Crippen LogP contribution is -2.31. The fraction of sp³-hybridized carbons (Fsp3) is 0.263. The van der Waals surface area contributed by atoms with E-state index in [-0.39, 0.29) is 0 Å². The first kappa shape index (κ1) is 18.7. The number of methoxy groups -OCH3 is 1. The lowest BCUT2D eigenvalue weighted by molar-refractivity contribution is 0.284. The highest BCUT2D eigenvalue weighted by atomic mass is 32.1. The molecule has 0 spiro atoms. The van der Waals surface area contributed by atoms with E-state index in [1.54, 1.807) is 13.3 Å². The minimum absolute atomic E-state index is 0.449. The number of hydrogen-bond acceptors (Lipinski definition) is 4. The number of ether oxygens (including phenoxy) is 2. The van der Waals surface area contributed by atoms with Gasteiger partial charge in [-0.05, 0) is 43.8 Å². The van der Waals surface area contributed by atoms with Gasteiger partial charge in [0.1, 0.15) is 6.61 Å². The summed E-state index contributed by atoms with van der Waals surface area (Å²) in [6.07, 6.45) is 1.66. The Morgan fingerprint density at radius 2 is 1.96 bits per heavy atom. The van der Waals surface area contributed by atoms with E-state index in [0.29, 0.717) is 23.2 Å². The van der Waals surface area contributed by atoms with Gasteiger partial charge in [0.05, 0.1) is 13.3 Å². The zero-order chi connectivity index (χ0) is 18.1. The maximum absolute atomic E-state index is 6.00. The molecule has 2 aromatic rings. The lowest BCUT2D eigenvalue weighted by Gasteiger charge is -2.13. The molecule has 0 aliphatic carbocycles. The minimum atomic E-state index is 0.449. The molecular weight excluding hydrogens is 334 g/mol. The Morgan fingerprint density at radius 1 is 1.20 bits per heavy atom. The Labute approximate surface area is 154 Å². The van der Waals surface area contributed by atoms with Crippen molar-refractivity contribution < 1.29 is 9.47 Å². The van der Waals surface area contributed by atoms with Gasteiger partial charge in [0.15, 0.2) is 16.6 Å². The molecule has 0 aliphatic rings. The van der Waals surface area contributed by atoms with Crippen molar-refractivity contribution in [3.63, 3.8) is 0 Å². The van der Waals surface area contributed by atoms with Gasteiger partial charge in [-0.2, -0.15) is 5.10 Å². The molecule has 2 aromatic carbocycles.